The molecular formula is C17H27N3. The Morgan fingerprint density at radius 3 is 2.35 bits per heavy atom. The van der Waals surface area contributed by atoms with E-state index < -0.39 is 0 Å². The summed E-state index contributed by atoms with van der Waals surface area (Å²) in [6, 6.07) is 6.18. The molecule has 20 heavy (non-hydrogen) atoms. The Morgan fingerprint density at radius 2 is 1.85 bits per heavy atom. The maximum atomic E-state index is 7.77. The number of piperidine rings is 1. The number of rotatable bonds is 4. The van der Waals surface area contributed by atoms with Crippen LogP contribution in [0.1, 0.15) is 50.7 Å². The molecule has 0 spiro atoms. The van der Waals surface area contributed by atoms with E-state index in [0.29, 0.717) is 5.41 Å². The number of aryl methyl sites for hydroxylation is 1. The van der Waals surface area contributed by atoms with Gasteiger partial charge >= 0.3 is 0 Å². The molecule has 0 aliphatic carbocycles. The third-order valence-electron chi connectivity index (χ3n) is 5.11. The fraction of sp³-hybridized carbons (Fsp3) is 0.588. The minimum atomic E-state index is 0.169. The first-order valence-electron chi connectivity index (χ1n) is 7.71. The van der Waals surface area contributed by atoms with Crippen LogP contribution in [0.3, 0.4) is 0 Å². The van der Waals surface area contributed by atoms with E-state index in [1.807, 2.05) is 12.1 Å². The summed E-state index contributed by atoms with van der Waals surface area (Å²) in [6.45, 7) is 8.87. The van der Waals surface area contributed by atoms with Crippen molar-refractivity contribution < 1.29 is 0 Å². The molecule has 1 aromatic rings. The predicted molar refractivity (Wildman–Crippen MR) is 86.7 cm³/mol. The van der Waals surface area contributed by atoms with Gasteiger partial charge in [0, 0.05) is 24.3 Å². The molecule has 0 saturated carbocycles. The minimum absolute atomic E-state index is 0.169. The fourth-order valence-corrected chi connectivity index (χ4v) is 3.31. The van der Waals surface area contributed by atoms with Crippen LogP contribution >= 0.6 is 0 Å². The van der Waals surface area contributed by atoms with Crippen molar-refractivity contribution in [3.8, 4) is 0 Å². The molecule has 2 rings (SSSR count). The van der Waals surface area contributed by atoms with Crippen LogP contribution < -0.4 is 10.6 Å². The lowest BCUT2D eigenvalue weighted by molar-refractivity contribution is 0.199. The summed E-state index contributed by atoms with van der Waals surface area (Å²) < 4.78 is 0. The third-order valence-corrected chi connectivity index (χ3v) is 5.11. The lowest BCUT2D eigenvalue weighted by Crippen LogP contribution is -2.40. The topological polar surface area (TPSA) is 53.1 Å². The van der Waals surface area contributed by atoms with E-state index in [2.05, 4.69) is 31.7 Å². The van der Waals surface area contributed by atoms with Crippen LogP contribution in [0.4, 0.5) is 5.69 Å². The Hall–Kier alpha value is -1.51. The summed E-state index contributed by atoms with van der Waals surface area (Å²) in [4.78, 5) is 2.41. The number of amidine groups is 1. The molecule has 1 aliphatic heterocycles. The largest absolute Gasteiger partial charge is 0.384 e. The molecule has 0 atom stereocenters. The smallest absolute Gasteiger partial charge is 0.124 e. The summed E-state index contributed by atoms with van der Waals surface area (Å²) in [5.41, 5.74) is 9.50. The van der Waals surface area contributed by atoms with Crippen LogP contribution in [0.15, 0.2) is 18.2 Å². The first-order valence-corrected chi connectivity index (χ1v) is 7.71. The van der Waals surface area contributed by atoms with Crippen molar-refractivity contribution in [1.29, 1.82) is 5.41 Å². The number of hydrogen-bond acceptors (Lipinski definition) is 2. The van der Waals surface area contributed by atoms with Crippen LogP contribution in [-0.4, -0.2) is 18.9 Å². The van der Waals surface area contributed by atoms with E-state index in [-0.39, 0.29) is 5.84 Å². The molecule has 0 amide bonds. The molecule has 1 aliphatic rings. The average molecular weight is 273 g/mol. The Morgan fingerprint density at radius 1 is 1.25 bits per heavy atom. The van der Waals surface area contributed by atoms with Gasteiger partial charge in [-0.1, -0.05) is 32.8 Å². The molecule has 1 fully saturated rings. The van der Waals surface area contributed by atoms with Gasteiger partial charge in [-0.2, -0.15) is 0 Å². The first-order chi connectivity index (χ1) is 9.51. The molecule has 3 heteroatoms. The predicted octanol–water partition coefficient (Wildman–Crippen LogP) is 3.69. The van der Waals surface area contributed by atoms with Crippen molar-refractivity contribution in [3.63, 3.8) is 0 Å². The Labute approximate surface area is 122 Å². The van der Waals surface area contributed by atoms with E-state index in [1.165, 1.54) is 31.2 Å². The van der Waals surface area contributed by atoms with Gasteiger partial charge < -0.3 is 10.6 Å². The van der Waals surface area contributed by atoms with Gasteiger partial charge in [0.1, 0.15) is 5.84 Å². The van der Waals surface area contributed by atoms with E-state index in [4.69, 9.17) is 11.1 Å². The highest BCUT2D eigenvalue weighted by Gasteiger charge is 2.31. The van der Waals surface area contributed by atoms with Crippen LogP contribution in [0.5, 0.6) is 0 Å². The van der Waals surface area contributed by atoms with Crippen LogP contribution in [0.25, 0.3) is 0 Å². The molecule has 1 saturated heterocycles. The van der Waals surface area contributed by atoms with Gasteiger partial charge in [0.15, 0.2) is 0 Å². The van der Waals surface area contributed by atoms with Crippen LogP contribution in [0.2, 0.25) is 0 Å². The second-order valence-corrected chi connectivity index (χ2v) is 6.13. The molecule has 1 aromatic carbocycles. The quantitative estimate of drug-likeness (QED) is 0.649. The second kappa shape index (κ2) is 5.86. The Balaban J connectivity index is 2.22. The highest BCUT2D eigenvalue weighted by molar-refractivity contribution is 6.00. The molecule has 110 valence electrons. The van der Waals surface area contributed by atoms with Gasteiger partial charge in [0.2, 0.25) is 0 Å². The van der Waals surface area contributed by atoms with E-state index >= 15 is 0 Å². The van der Waals surface area contributed by atoms with Gasteiger partial charge in [-0.25, -0.2) is 0 Å². The van der Waals surface area contributed by atoms with Gasteiger partial charge in [0.05, 0.1) is 0 Å². The molecule has 0 bridgehead atoms. The number of nitrogens with two attached hydrogens (primary N) is 1. The highest BCUT2D eigenvalue weighted by Crippen LogP contribution is 2.39. The summed E-state index contributed by atoms with van der Waals surface area (Å²) in [6.07, 6.45) is 5.02. The fourth-order valence-electron chi connectivity index (χ4n) is 3.31. The molecule has 0 radical (unpaired) electrons. The average Bonchev–Trinajstić information content (AvgIpc) is 2.47. The standard InChI is InChI=1S/C17H27N3/c1-4-17(5-2)8-10-20(11-9-17)15-12-13(3)6-7-14(15)16(18)19/h6-7,12H,4-5,8-11H2,1-3H3,(H3,18,19). The zero-order valence-electron chi connectivity index (χ0n) is 13.0. The number of nitrogens with zero attached hydrogens (tertiary/aromatic N) is 1. The van der Waals surface area contributed by atoms with Crippen molar-refractivity contribution in [2.45, 2.75) is 46.5 Å². The summed E-state index contributed by atoms with van der Waals surface area (Å²) in [5.74, 6) is 0.169. The van der Waals surface area contributed by atoms with Crippen molar-refractivity contribution in [1.82, 2.24) is 0 Å². The van der Waals surface area contributed by atoms with Gasteiger partial charge in [-0.3, -0.25) is 5.41 Å². The number of benzene rings is 1. The van der Waals surface area contributed by atoms with Gasteiger partial charge in [-0.15, -0.1) is 0 Å². The first kappa shape index (κ1) is 14.9. The maximum Gasteiger partial charge on any atom is 0.124 e. The molecule has 3 N–H and O–H groups in total. The highest BCUT2D eigenvalue weighted by atomic mass is 15.1. The van der Waals surface area contributed by atoms with Crippen LogP contribution in [-0.2, 0) is 0 Å². The lowest BCUT2D eigenvalue weighted by atomic mass is 9.74. The van der Waals surface area contributed by atoms with E-state index in [9.17, 15) is 0 Å². The lowest BCUT2D eigenvalue weighted by Gasteiger charge is -2.42. The maximum absolute atomic E-state index is 7.77. The van der Waals surface area contributed by atoms with Crippen LogP contribution in [0, 0.1) is 17.7 Å². The number of nitrogen functional groups attached to an aromatic ring is 1. The number of anilines is 1. The van der Waals surface area contributed by atoms with E-state index in [1.54, 1.807) is 0 Å². The Kier molecular flexibility index (Phi) is 4.36. The number of nitrogens with one attached hydrogen (secondary N) is 1. The Bertz CT molecular complexity index is 479. The van der Waals surface area contributed by atoms with E-state index in [0.717, 1.165) is 24.3 Å². The zero-order chi connectivity index (χ0) is 14.8. The summed E-state index contributed by atoms with van der Waals surface area (Å²) >= 11 is 0. The zero-order valence-corrected chi connectivity index (χ0v) is 13.0. The minimum Gasteiger partial charge on any atom is -0.384 e. The van der Waals surface area contributed by atoms with Crippen molar-refractivity contribution in [3.05, 3.63) is 29.3 Å². The van der Waals surface area contributed by atoms with Gasteiger partial charge in [0.25, 0.3) is 0 Å². The van der Waals surface area contributed by atoms with Crippen molar-refractivity contribution in [2.75, 3.05) is 18.0 Å². The molecule has 1 heterocycles. The molecule has 0 aromatic heterocycles. The van der Waals surface area contributed by atoms with Crippen molar-refractivity contribution >= 4 is 11.5 Å². The van der Waals surface area contributed by atoms with Gasteiger partial charge in [-0.05, 0) is 42.9 Å². The number of hydrogen-bond donors (Lipinski definition) is 2. The third kappa shape index (κ3) is 2.82. The SMILES string of the molecule is CCC1(CC)CCN(c2cc(C)ccc2C(=N)N)CC1. The second-order valence-electron chi connectivity index (χ2n) is 6.13. The molecule has 3 nitrogen and oxygen atoms in total. The normalized spacial score (nSPS) is 18.1. The summed E-state index contributed by atoms with van der Waals surface area (Å²) in [7, 11) is 0. The molecule has 0 unspecified atom stereocenters. The summed E-state index contributed by atoms with van der Waals surface area (Å²) in [5, 5.41) is 7.77. The molecular weight excluding hydrogens is 246 g/mol. The monoisotopic (exact) mass is 273 g/mol. The van der Waals surface area contributed by atoms with Crippen molar-refractivity contribution in [2.24, 2.45) is 11.1 Å².